The number of hydrogen-bond acceptors (Lipinski definition) is 3. The van der Waals surface area contributed by atoms with E-state index >= 15 is 0 Å². The van der Waals surface area contributed by atoms with Gasteiger partial charge in [-0.2, -0.15) is 8.42 Å². The molecule has 3 nitrogen and oxygen atoms in total. The molecule has 0 aromatic carbocycles. The molecule has 4 heteroatoms. The normalized spacial score (nSPS) is 28.6. The molecular weight excluding hydrogens is 200 g/mol. The molecule has 0 amide bonds. The first-order chi connectivity index (χ1) is 6.53. The molecule has 14 heavy (non-hydrogen) atoms. The summed E-state index contributed by atoms with van der Waals surface area (Å²) in [6.45, 7) is 3.68. The molecule has 1 saturated carbocycles. The highest BCUT2D eigenvalue weighted by atomic mass is 32.2. The summed E-state index contributed by atoms with van der Waals surface area (Å²) in [6, 6.07) is 0. The van der Waals surface area contributed by atoms with Gasteiger partial charge in [0.2, 0.25) is 0 Å². The van der Waals surface area contributed by atoms with Crippen molar-refractivity contribution in [3.05, 3.63) is 12.7 Å². The summed E-state index contributed by atoms with van der Waals surface area (Å²) in [5.74, 6) is 0.330. The lowest BCUT2D eigenvalue weighted by Crippen LogP contribution is -2.29. The average molecular weight is 218 g/mol. The van der Waals surface area contributed by atoms with E-state index in [0.29, 0.717) is 5.92 Å². The fourth-order valence-electron chi connectivity index (χ4n) is 2.01. The van der Waals surface area contributed by atoms with Gasteiger partial charge in [0.1, 0.15) is 0 Å². The second-order valence-corrected chi connectivity index (χ2v) is 5.51. The summed E-state index contributed by atoms with van der Waals surface area (Å²) in [7, 11) is -3.31. The quantitative estimate of drug-likeness (QED) is 0.536. The molecule has 0 bridgehead atoms. The van der Waals surface area contributed by atoms with Gasteiger partial charge in [-0.25, -0.2) is 0 Å². The first-order valence-corrected chi connectivity index (χ1v) is 6.84. The molecule has 0 radical (unpaired) electrons. The third kappa shape index (κ3) is 3.80. The summed E-state index contributed by atoms with van der Waals surface area (Å²) in [5, 5.41) is 0. The molecule has 0 aromatic rings. The molecule has 0 N–H and O–H groups in total. The lowest BCUT2D eigenvalue weighted by molar-refractivity contribution is 0.102. The molecule has 1 aliphatic carbocycles. The molecule has 0 heterocycles. The van der Waals surface area contributed by atoms with Crippen molar-refractivity contribution in [2.75, 3.05) is 6.26 Å². The van der Waals surface area contributed by atoms with Gasteiger partial charge in [-0.3, -0.25) is 4.18 Å². The lowest BCUT2D eigenvalue weighted by atomic mass is 9.84. The monoisotopic (exact) mass is 218 g/mol. The van der Waals surface area contributed by atoms with Gasteiger partial charge in [0.25, 0.3) is 10.1 Å². The van der Waals surface area contributed by atoms with Crippen LogP contribution in [0.4, 0.5) is 0 Å². The van der Waals surface area contributed by atoms with Crippen LogP contribution in [0.5, 0.6) is 0 Å². The summed E-state index contributed by atoms with van der Waals surface area (Å²) >= 11 is 0. The zero-order chi connectivity index (χ0) is 10.6. The Morgan fingerprint density at radius 2 is 2.07 bits per heavy atom. The summed E-state index contributed by atoms with van der Waals surface area (Å²) in [4.78, 5) is 0. The van der Waals surface area contributed by atoms with Crippen molar-refractivity contribution in [3.63, 3.8) is 0 Å². The van der Waals surface area contributed by atoms with E-state index in [0.717, 1.165) is 31.9 Å². The highest BCUT2D eigenvalue weighted by Crippen LogP contribution is 2.30. The molecule has 0 spiro atoms. The molecule has 0 unspecified atom stereocenters. The molecule has 0 aromatic heterocycles. The molecule has 82 valence electrons. The molecule has 1 aliphatic rings. The van der Waals surface area contributed by atoms with E-state index < -0.39 is 10.1 Å². The predicted molar refractivity (Wildman–Crippen MR) is 56.5 cm³/mol. The fraction of sp³-hybridized carbons (Fsp3) is 0.800. The van der Waals surface area contributed by atoms with E-state index in [-0.39, 0.29) is 6.10 Å². The van der Waals surface area contributed by atoms with Crippen LogP contribution < -0.4 is 0 Å². The van der Waals surface area contributed by atoms with Crippen LogP contribution in [0.1, 0.15) is 32.1 Å². The van der Waals surface area contributed by atoms with Crippen LogP contribution >= 0.6 is 0 Å². The lowest BCUT2D eigenvalue weighted by Gasteiger charge is -2.29. The van der Waals surface area contributed by atoms with Crippen molar-refractivity contribution < 1.29 is 12.6 Å². The zero-order valence-corrected chi connectivity index (χ0v) is 9.42. The maximum Gasteiger partial charge on any atom is 0.264 e. The molecule has 0 saturated heterocycles. The van der Waals surface area contributed by atoms with Gasteiger partial charge in [0.15, 0.2) is 0 Å². The Labute approximate surface area is 86.3 Å². The Morgan fingerprint density at radius 3 is 2.64 bits per heavy atom. The zero-order valence-electron chi connectivity index (χ0n) is 8.61. The van der Waals surface area contributed by atoms with E-state index in [1.165, 1.54) is 6.42 Å². The largest absolute Gasteiger partial charge is 0.267 e. The topological polar surface area (TPSA) is 43.4 Å². The van der Waals surface area contributed by atoms with Crippen molar-refractivity contribution >= 4 is 10.1 Å². The van der Waals surface area contributed by atoms with E-state index in [1.54, 1.807) is 0 Å². The molecule has 1 rings (SSSR count). The second-order valence-electron chi connectivity index (χ2n) is 3.91. The summed E-state index contributed by atoms with van der Waals surface area (Å²) in [5.41, 5.74) is 0. The third-order valence-corrected chi connectivity index (χ3v) is 3.20. The third-order valence-electron chi connectivity index (χ3n) is 2.61. The Balaban J connectivity index is 2.58. The van der Waals surface area contributed by atoms with Gasteiger partial charge in [-0.05, 0) is 25.2 Å². The minimum absolute atomic E-state index is 0.128. The predicted octanol–water partition coefficient (Wildman–Crippen LogP) is 2.10. The highest BCUT2D eigenvalue weighted by Gasteiger charge is 2.27. The van der Waals surface area contributed by atoms with Crippen molar-refractivity contribution in [2.45, 2.75) is 38.2 Å². The minimum Gasteiger partial charge on any atom is -0.267 e. The van der Waals surface area contributed by atoms with Crippen LogP contribution in [0, 0.1) is 5.92 Å². The number of hydrogen-bond donors (Lipinski definition) is 0. The Morgan fingerprint density at radius 1 is 1.43 bits per heavy atom. The van der Waals surface area contributed by atoms with Crippen LogP contribution in [0.25, 0.3) is 0 Å². The van der Waals surface area contributed by atoms with Crippen LogP contribution in [0.15, 0.2) is 12.7 Å². The highest BCUT2D eigenvalue weighted by molar-refractivity contribution is 7.86. The molecule has 1 fully saturated rings. The summed E-state index contributed by atoms with van der Waals surface area (Å²) in [6.07, 6.45) is 7.81. The van der Waals surface area contributed by atoms with Crippen molar-refractivity contribution in [2.24, 2.45) is 5.92 Å². The first kappa shape index (κ1) is 11.7. The van der Waals surface area contributed by atoms with Crippen molar-refractivity contribution in [1.82, 2.24) is 0 Å². The Bertz CT molecular complexity index is 282. The van der Waals surface area contributed by atoms with Crippen molar-refractivity contribution in [1.29, 1.82) is 0 Å². The van der Waals surface area contributed by atoms with E-state index in [9.17, 15) is 8.42 Å². The molecule has 0 aliphatic heterocycles. The Hall–Kier alpha value is -0.350. The van der Waals surface area contributed by atoms with Gasteiger partial charge in [-0.15, -0.1) is 6.58 Å². The molecular formula is C10H18O3S. The Kier molecular flexibility index (Phi) is 4.13. The van der Waals surface area contributed by atoms with E-state index in [1.807, 2.05) is 6.08 Å². The standard InChI is InChI=1S/C10H18O3S/c1-3-6-9-7-4-5-8-10(9)13-14(2,11)12/h3,9-10H,1,4-8H2,2H3/t9-,10+/m1/s1. The average Bonchev–Trinajstić information content (AvgIpc) is 2.06. The van der Waals surface area contributed by atoms with Gasteiger partial charge in [0, 0.05) is 0 Å². The van der Waals surface area contributed by atoms with Crippen LogP contribution in [-0.2, 0) is 14.3 Å². The SMILES string of the molecule is C=CC[C@@H]1CCCC[C@@H]1OS(C)(=O)=O. The van der Waals surface area contributed by atoms with Crippen LogP contribution in [-0.4, -0.2) is 20.8 Å². The van der Waals surface area contributed by atoms with Gasteiger partial charge < -0.3 is 0 Å². The van der Waals surface area contributed by atoms with Crippen LogP contribution in [0.3, 0.4) is 0 Å². The second kappa shape index (κ2) is 4.94. The summed E-state index contributed by atoms with van der Waals surface area (Å²) < 4.78 is 27.1. The maximum atomic E-state index is 11.0. The van der Waals surface area contributed by atoms with Gasteiger partial charge >= 0.3 is 0 Å². The van der Waals surface area contributed by atoms with Crippen LogP contribution in [0.2, 0.25) is 0 Å². The number of rotatable bonds is 4. The fourth-order valence-corrected chi connectivity index (χ4v) is 2.71. The smallest absolute Gasteiger partial charge is 0.264 e. The molecule has 2 atom stereocenters. The maximum absolute atomic E-state index is 11.0. The van der Waals surface area contributed by atoms with Gasteiger partial charge in [-0.1, -0.05) is 18.9 Å². The van der Waals surface area contributed by atoms with Gasteiger partial charge in [0.05, 0.1) is 12.4 Å². The first-order valence-electron chi connectivity index (χ1n) is 5.02. The van der Waals surface area contributed by atoms with E-state index in [2.05, 4.69) is 6.58 Å². The van der Waals surface area contributed by atoms with Crippen molar-refractivity contribution in [3.8, 4) is 0 Å². The number of allylic oxidation sites excluding steroid dienone is 1. The van der Waals surface area contributed by atoms with E-state index in [4.69, 9.17) is 4.18 Å². The minimum atomic E-state index is -3.31.